The zero-order valence-electron chi connectivity index (χ0n) is 19.3. The third-order valence-corrected chi connectivity index (χ3v) is 6.82. The molecular formula is C26H19N5O4S. The molecule has 0 atom stereocenters. The molecule has 0 saturated carbocycles. The number of carbonyl (C=O) groups is 2. The van der Waals surface area contributed by atoms with Gasteiger partial charge in [-0.1, -0.05) is 36.4 Å². The van der Waals surface area contributed by atoms with Gasteiger partial charge in [0.05, 0.1) is 15.5 Å². The Morgan fingerprint density at radius 1 is 0.972 bits per heavy atom. The van der Waals surface area contributed by atoms with Crippen molar-refractivity contribution in [2.75, 3.05) is 4.90 Å². The molecule has 1 aliphatic rings. The highest BCUT2D eigenvalue weighted by Gasteiger charge is 2.35. The zero-order chi connectivity index (χ0) is 25.4. The van der Waals surface area contributed by atoms with E-state index in [0.717, 1.165) is 22.2 Å². The summed E-state index contributed by atoms with van der Waals surface area (Å²) in [5.41, 5.74) is 2.84. The van der Waals surface area contributed by atoms with Gasteiger partial charge in [-0.3, -0.25) is 19.7 Å². The Morgan fingerprint density at radius 3 is 2.44 bits per heavy atom. The number of anilines is 1. The highest BCUT2D eigenvalue weighted by molar-refractivity contribution is 7.99. The molecule has 0 saturated heterocycles. The maximum Gasteiger partial charge on any atom is 0.283 e. The minimum Gasteiger partial charge on any atom is -0.311 e. The number of fused-ring (bicyclic) bond motifs is 1. The molecule has 0 spiro atoms. The van der Waals surface area contributed by atoms with Crippen molar-refractivity contribution in [1.29, 1.82) is 0 Å². The lowest BCUT2D eigenvalue weighted by Crippen LogP contribution is -2.41. The van der Waals surface area contributed by atoms with E-state index in [4.69, 9.17) is 0 Å². The quantitative estimate of drug-likeness (QED) is 0.167. The number of hydrogen-bond donors (Lipinski definition) is 0. The molecule has 0 fully saturated rings. The van der Waals surface area contributed by atoms with Gasteiger partial charge >= 0.3 is 0 Å². The molecular weight excluding hydrogens is 478 g/mol. The lowest BCUT2D eigenvalue weighted by molar-refractivity contribution is -0.387. The summed E-state index contributed by atoms with van der Waals surface area (Å²) >= 11 is 1.13. The zero-order valence-corrected chi connectivity index (χ0v) is 20.1. The molecule has 0 radical (unpaired) electrons. The van der Waals surface area contributed by atoms with Crippen LogP contribution in [-0.4, -0.2) is 31.5 Å². The molecule has 10 heteroatoms. The molecule has 178 valence electrons. The molecule has 0 aliphatic carbocycles. The van der Waals surface area contributed by atoms with Gasteiger partial charge in [0.15, 0.2) is 5.16 Å². The summed E-state index contributed by atoms with van der Waals surface area (Å²) in [7, 11) is 1.75. The van der Waals surface area contributed by atoms with E-state index < -0.39 is 16.7 Å². The molecule has 5 rings (SSSR count). The fourth-order valence-electron chi connectivity index (χ4n) is 3.98. The van der Waals surface area contributed by atoms with Crippen LogP contribution in [0, 0.1) is 17.0 Å². The summed E-state index contributed by atoms with van der Waals surface area (Å²) in [4.78, 5) is 39.8. The largest absolute Gasteiger partial charge is 0.311 e. The van der Waals surface area contributed by atoms with Gasteiger partial charge in [-0.2, -0.15) is 0 Å². The van der Waals surface area contributed by atoms with E-state index >= 15 is 0 Å². The number of nitro benzene ring substituents is 1. The van der Waals surface area contributed by atoms with E-state index in [2.05, 4.69) is 10.2 Å². The second kappa shape index (κ2) is 9.23. The number of carbonyl (C=O) groups excluding carboxylic acids is 2. The van der Waals surface area contributed by atoms with Crippen LogP contribution in [0.25, 0.3) is 11.6 Å². The second-order valence-corrected chi connectivity index (χ2v) is 9.21. The fraction of sp³-hybridized carbons (Fsp3) is 0.0769. The van der Waals surface area contributed by atoms with Gasteiger partial charge in [-0.05, 0) is 65.7 Å². The second-order valence-electron chi connectivity index (χ2n) is 8.20. The third-order valence-electron chi connectivity index (χ3n) is 5.71. The Hall–Kier alpha value is -4.57. The van der Waals surface area contributed by atoms with Crippen LogP contribution in [0.15, 0.2) is 83.1 Å². The Kier molecular flexibility index (Phi) is 5.95. The average Bonchev–Trinajstić information content (AvgIpc) is 3.26. The molecule has 2 amide bonds. The first-order chi connectivity index (χ1) is 17.3. The normalized spacial score (nSPS) is 14.3. The Morgan fingerprint density at radius 2 is 1.75 bits per heavy atom. The summed E-state index contributed by atoms with van der Waals surface area (Å²) in [5.74, 6) is -0.913. The molecule has 9 nitrogen and oxygen atoms in total. The van der Waals surface area contributed by atoms with Gasteiger partial charge in [0.1, 0.15) is 6.33 Å². The van der Waals surface area contributed by atoms with Crippen LogP contribution in [0.5, 0.6) is 0 Å². The van der Waals surface area contributed by atoms with Crippen LogP contribution in [0.3, 0.4) is 0 Å². The predicted octanol–water partition coefficient (Wildman–Crippen LogP) is 4.91. The molecule has 4 aromatic rings. The first kappa shape index (κ1) is 23.2. The van der Waals surface area contributed by atoms with Crippen LogP contribution >= 0.6 is 11.8 Å². The van der Waals surface area contributed by atoms with E-state index in [1.54, 1.807) is 72.3 Å². The minimum atomic E-state index is -0.496. The maximum absolute atomic E-state index is 13.6. The summed E-state index contributed by atoms with van der Waals surface area (Å²) < 4.78 is 1.67. The molecule has 1 aromatic heterocycles. The lowest BCUT2D eigenvalue weighted by Gasteiger charge is -2.29. The van der Waals surface area contributed by atoms with Crippen LogP contribution in [0.2, 0.25) is 0 Å². The number of nitrogens with zero attached hydrogens (tertiary/aromatic N) is 5. The predicted molar refractivity (Wildman–Crippen MR) is 136 cm³/mol. The van der Waals surface area contributed by atoms with Crippen molar-refractivity contribution >= 4 is 46.6 Å². The first-order valence-electron chi connectivity index (χ1n) is 10.9. The molecule has 0 unspecified atom stereocenters. The number of nitro groups is 1. The smallest absolute Gasteiger partial charge is 0.283 e. The van der Waals surface area contributed by atoms with E-state index in [0.29, 0.717) is 32.4 Å². The van der Waals surface area contributed by atoms with Gasteiger partial charge in [-0.15, -0.1) is 10.2 Å². The monoisotopic (exact) mass is 497 g/mol. The van der Waals surface area contributed by atoms with Crippen molar-refractivity contribution in [3.8, 4) is 0 Å². The Labute approximate surface area is 210 Å². The molecule has 0 bridgehead atoms. The number of amides is 2. The van der Waals surface area contributed by atoms with Gasteiger partial charge in [-0.25, -0.2) is 4.90 Å². The highest BCUT2D eigenvalue weighted by atomic mass is 32.2. The molecule has 36 heavy (non-hydrogen) atoms. The number of benzene rings is 3. The van der Waals surface area contributed by atoms with Gasteiger partial charge in [0.25, 0.3) is 17.5 Å². The van der Waals surface area contributed by atoms with Crippen LogP contribution in [0.4, 0.5) is 11.4 Å². The molecule has 0 N–H and O–H groups in total. The van der Waals surface area contributed by atoms with Gasteiger partial charge < -0.3 is 4.57 Å². The van der Waals surface area contributed by atoms with E-state index in [1.807, 2.05) is 13.0 Å². The van der Waals surface area contributed by atoms with E-state index in [-0.39, 0.29) is 11.3 Å². The number of hydrogen-bond acceptors (Lipinski definition) is 7. The topological polar surface area (TPSA) is 111 Å². The number of aryl methyl sites for hydroxylation is 2. The molecule has 1 aliphatic heterocycles. The third kappa shape index (κ3) is 4.18. The van der Waals surface area contributed by atoms with Crippen molar-refractivity contribution in [1.82, 2.24) is 14.8 Å². The van der Waals surface area contributed by atoms with Crippen molar-refractivity contribution in [2.45, 2.75) is 17.0 Å². The Bertz CT molecular complexity index is 1580. The highest BCUT2D eigenvalue weighted by Crippen LogP contribution is 2.37. The molecule has 3 aromatic carbocycles. The van der Waals surface area contributed by atoms with Crippen molar-refractivity contribution in [3.63, 3.8) is 0 Å². The number of imide groups is 1. The Balaban J connectivity index is 1.61. The van der Waals surface area contributed by atoms with Crippen LogP contribution in [0.1, 0.15) is 27.0 Å². The summed E-state index contributed by atoms with van der Waals surface area (Å²) in [6.07, 6.45) is 3.10. The maximum atomic E-state index is 13.6. The van der Waals surface area contributed by atoms with Gasteiger partial charge in [0.2, 0.25) is 0 Å². The summed E-state index contributed by atoms with van der Waals surface area (Å²) in [5, 5.41) is 20.1. The number of aromatic nitrogens is 3. The van der Waals surface area contributed by atoms with Crippen molar-refractivity contribution in [3.05, 3.63) is 105 Å². The van der Waals surface area contributed by atoms with Crippen LogP contribution in [-0.2, 0) is 11.8 Å². The van der Waals surface area contributed by atoms with E-state index in [1.165, 1.54) is 12.4 Å². The first-order valence-corrected chi connectivity index (χ1v) is 11.7. The minimum absolute atomic E-state index is 0.125. The summed E-state index contributed by atoms with van der Waals surface area (Å²) in [6.45, 7) is 1.88. The fourth-order valence-corrected chi connectivity index (χ4v) is 4.83. The summed E-state index contributed by atoms with van der Waals surface area (Å²) in [6, 6.07) is 18.7. The molecule has 2 heterocycles. The lowest BCUT2D eigenvalue weighted by atomic mass is 9.91. The standard InChI is InChI=1S/C26H19N5O4S/c1-16-6-5-7-18(12-16)30-24(32)20-9-4-3-8-19(20)21(25(30)33)13-17-10-11-23(22(14-17)31(34)35)36-26-28-27-15-29(26)2/h3-15H,1-2H3. The SMILES string of the molecule is Cc1cccc(N2C(=O)C(=Cc3ccc(Sc4nncn4C)c([N+](=O)[O-])c3)c3ccccc3C2=O)c1. The van der Waals surface area contributed by atoms with Gasteiger partial charge in [0, 0.05) is 24.3 Å². The van der Waals surface area contributed by atoms with Crippen molar-refractivity contribution < 1.29 is 14.5 Å². The average molecular weight is 498 g/mol. The van der Waals surface area contributed by atoms with Crippen LogP contribution < -0.4 is 4.90 Å². The van der Waals surface area contributed by atoms with Crippen molar-refractivity contribution in [2.24, 2.45) is 7.05 Å². The number of rotatable bonds is 5. The van der Waals surface area contributed by atoms with E-state index in [9.17, 15) is 19.7 Å².